The van der Waals surface area contributed by atoms with Gasteiger partial charge in [-0.2, -0.15) is 0 Å². The number of aryl methyl sites for hydroxylation is 1. The molecule has 0 unspecified atom stereocenters. The van der Waals surface area contributed by atoms with Gasteiger partial charge in [0.2, 0.25) is 0 Å². The van der Waals surface area contributed by atoms with Crippen LogP contribution in [0.25, 0.3) is 0 Å². The number of benzene rings is 1. The standard InChI is InChI=1S/C7H8.C6H12O.C6H10/c1-7-5-3-2-4-6-7;1-6-2-4-7-5-3-6;1-6-2-5(3-6)4-6/h2-6H,1H3;6H,2-5H2,1H3;5H,2-4H2,1H3. The number of hydrogen-bond donors (Lipinski definition) is 0. The van der Waals surface area contributed by atoms with Crippen LogP contribution in [0.3, 0.4) is 0 Å². The van der Waals surface area contributed by atoms with E-state index < -0.39 is 0 Å². The first-order chi connectivity index (χ1) is 9.57. The van der Waals surface area contributed by atoms with Gasteiger partial charge in [-0.15, -0.1) is 0 Å². The van der Waals surface area contributed by atoms with Crippen LogP contribution in [0.2, 0.25) is 0 Å². The quantitative estimate of drug-likeness (QED) is 0.629. The monoisotopic (exact) mass is 274 g/mol. The number of ether oxygens (including phenoxy) is 1. The molecule has 3 aliphatic carbocycles. The van der Waals surface area contributed by atoms with Crippen LogP contribution in [-0.4, -0.2) is 13.2 Å². The van der Waals surface area contributed by atoms with Crippen molar-refractivity contribution in [2.24, 2.45) is 17.3 Å². The number of hydrogen-bond acceptors (Lipinski definition) is 1. The second-order valence-electron chi connectivity index (χ2n) is 7.24. The van der Waals surface area contributed by atoms with Gasteiger partial charge in [0.15, 0.2) is 0 Å². The minimum atomic E-state index is 0.866. The van der Waals surface area contributed by atoms with Crippen LogP contribution in [0, 0.1) is 24.2 Å². The topological polar surface area (TPSA) is 9.23 Å². The van der Waals surface area contributed by atoms with Crippen molar-refractivity contribution in [3.63, 3.8) is 0 Å². The van der Waals surface area contributed by atoms with E-state index in [9.17, 15) is 0 Å². The largest absolute Gasteiger partial charge is 0.381 e. The van der Waals surface area contributed by atoms with Crippen LogP contribution in [0.15, 0.2) is 30.3 Å². The van der Waals surface area contributed by atoms with Gasteiger partial charge in [-0.05, 0) is 56.3 Å². The van der Waals surface area contributed by atoms with Crippen molar-refractivity contribution in [3.8, 4) is 0 Å². The molecule has 1 aliphatic heterocycles. The molecule has 1 heteroatoms. The van der Waals surface area contributed by atoms with E-state index in [0.717, 1.165) is 24.5 Å². The van der Waals surface area contributed by atoms with Crippen molar-refractivity contribution in [1.82, 2.24) is 0 Å². The molecule has 0 aromatic heterocycles. The summed E-state index contributed by atoms with van der Waals surface area (Å²) in [6, 6.07) is 10.3. The van der Waals surface area contributed by atoms with E-state index in [-0.39, 0.29) is 0 Å². The molecule has 0 spiro atoms. The Kier molecular flexibility index (Phi) is 5.65. The second-order valence-corrected chi connectivity index (χ2v) is 7.24. The zero-order valence-electron chi connectivity index (χ0n) is 13.4. The third-order valence-electron chi connectivity index (χ3n) is 4.79. The summed E-state index contributed by atoms with van der Waals surface area (Å²) < 4.78 is 5.14. The minimum Gasteiger partial charge on any atom is -0.381 e. The molecule has 0 radical (unpaired) electrons. The van der Waals surface area contributed by atoms with Crippen LogP contribution in [0.1, 0.15) is 51.5 Å². The highest BCUT2D eigenvalue weighted by atomic mass is 16.5. The van der Waals surface area contributed by atoms with Crippen LogP contribution in [-0.2, 0) is 4.74 Å². The molecule has 3 saturated carbocycles. The smallest absolute Gasteiger partial charge is 0.0468 e. The Labute approximate surface area is 124 Å². The van der Waals surface area contributed by atoms with Crippen LogP contribution >= 0.6 is 0 Å². The minimum absolute atomic E-state index is 0.866. The van der Waals surface area contributed by atoms with Gasteiger partial charge in [0, 0.05) is 13.2 Å². The molecular formula is C19H30O. The molecule has 0 atom stereocenters. The molecule has 5 rings (SSSR count). The average molecular weight is 274 g/mol. The first kappa shape index (κ1) is 15.6. The lowest BCUT2D eigenvalue weighted by Crippen LogP contribution is -2.48. The van der Waals surface area contributed by atoms with Gasteiger partial charge in [0.1, 0.15) is 0 Å². The maximum Gasteiger partial charge on any atom is 0.0468 e. The molecule has 2 bridgehead atoms. The van der Waals surface area contributed by atoms with Crippen molar-refractivity contribution in [1.29, 1.82) is 0 Å². The third kappa shape index (κ3) is 4.94. The predicted molar refractivity (Wildman–Crippen MR) is 85.8 cm³/mol. The molecule has 1 aromatic rings. The van der Waals surface area contributed by atoms with Gasteiger partial charge in [-0.25, -0.2) is 0 Å². The lowest BCUT2D eigenvalue weighted by molar-refractivity contribution is -0.0882. The van der Waals surface area contributed by atoms with E-state index in [0.29, 0.717) is 0 Å². The first-order valence-electron chi connectivity index (χ1n) is 8.17. The van der Waals surface area contributed by atoms with Gasteiger partial charge in [-0.3, -0.25) is 0 Å². The molecular weight excluding hydrogens is 244 g/mol. The maximum atomic E-state index is 5.14. The summed E-state index contributed by atoms with van der Waals surface area (Å²) in [5, 5.41) is 0. The summed E-state index contributed by atoms with van der Waals surface area (Å²) >= 11 is 0. The Bertz CT molecular complexity index is 361. The Morgan fingerprint density at radius 1 is 1.00 bits per heavy atom. The van der Waals surface area contributed by atoms with Gasteiger partial charge >= 0.3 is 0 Å². The summed E-state index contributed by atoms with van der Waals surface area (Å²) in [4.78, 5) is 0. The van der Waals surface area contributed by atoms with Crippen molar-refractivity contribution in [2.45, 2.75) is 52.9 Å². The lowest BCUT2D eigenvalue weighted by Gasteiger charge is -2.60. The molecule has 0 N–H and O–H groups in total. The van der Waals surface area contributed by atoms with Gasteiger partial charge in [0.05, 0.1) is 0 Å². The highest BCUT2D eigenvalue weighted by molar-refractivity contribution is 5.11. The molecule has 1 aromatic carbocycles. The molecule has 1 saturated heterocycles. The van der Waals surface area contributed by atoms with E-state index in [2.05, 4.69) is 32.9 Å². The lowest BCUT2D eigenvalue weighted by atomic mass is 9.46. The number of rotatable bonds is 0. The molecule has 1 heterocycles. The highest BCUT2D eigenvalue weighted by Crippen LogP contribution is 2.63. The Morgan fingerprint density at radius 2 is 1.50 bits per heavy atom. The van der Waals surface area contributed by atoms with Gasteiger partial charge in [0.25, 0.3) is 0 Å². The molecule has 112 valence electrons. The fraction of sp³-hybridized carbons (Fsp3) is 0.684. The van der Waals surface area contributed by atoms with Gasteiger partial charge < -0.3 is 4.74 Å². The zero-order valence-corrected chi connectivity index (χ0v) is 13.4. The Morgan fingerprint density at radius 3 is 1.70 bits per heavy atom. The highest BCUT2D eigenvalue weighted by Gasteiger charge is 2.52. The van der Waals surface area contributed by atoms with Crippen molar-refractivity contribution in [2.75, 3.05) is 13.2 Å². The molecule has 1 nitrogen and oxygen atoms in total. The summed E-state index contributed by atoms with van der Waals surface area (Å²) in [6.07, 6.45) is 7.17. The van der Waals surface area contributed by atoms with E-state index in [1.165, 1.54) is 24.3 Å². The second kappa shape index (κ2) is 7.26. The Balaban J connectivity index is 0.000000110. The average Bonchev–Trinajstić information content (AvgIpc) is 2.38. The van der Waals surface area contributed by atoms with Crippen LogP contribution < -0.4 is 0 Å². The van der Waals surface area contributed by atoms with Crippen molar-refractivity contribution in [3.05, 3.63) is 35.9 Å². The van der Waals surface area contributed by atoms with E-state index in [1.54, 1.807) is 19.3 Å². The fourth-order valence-corrected chi connectivity index (χ4v) is 3.26. The zero-order chi connectivity index (χ0) is 14.4. The molecule has 0 amide bonds. The molecule has 20 heavy (non-hydrogen) atoms. The van der Waals surface area contributed by atoms with Crippen molar-refractivity contribution < 1.29 is 4.74 Å². The first-order valence-corrected chi connectivity index (χ1v) is 8.17. The third-order valence-corrected chi connectivity index (χ3v) is 4.79. The van der Waals surface area contributed by atoms with Crippen molar-refractivity contribution >= 4 is 0 Å². The van der Waals surface area contributed by atoms with Crippen LogP contribution in [0.5, 0.6) is 0 Å². The summed E-state index contributed by atoms with van der Waals surface area (Å²) in [5.74, 6) is 2.09. The SMILES string of the molecule is CC12CC(C1)C2.CC1CCOCC1.Cc1ccccc1. The maximum absolute atomic E-state index is 5.14. The molecule has 4 fully saturated rings. The molecule has 4 aliphatic rings. The van der Waals surface area contributed by atoms with Crippen LogP contribution in [0.4, 0.5) is 0 Å². The van der Waals surface area contributed by atoms with Gasteiger partial charge in [-0.1, -0.05) is 49.7 Å². The summed E-state index contributed by atoms with van der Waals surface area (Å²) in [6.45, 7) is 8.73. The predicted octanol–water partition coefficient (Wildman–Crippen LogP) is 5.23. The van der Waals surface area contributed by atoms with E-state index in [4.69, 9.17) is 4.74 Å². The normalized spacial score (nSPS) is 30.6. The van der Waals surface area contributed by atoms with E-state index >= 15 is 0 Å². The Hall–Kier alpha value is -0.820. The van der Waals surface area contributed by atoms with E-state index in [1.807, 2.05) is 18.2 Å². The summed E-state index contributed by atoms with van der Waals surface area (Å²) in [5.41, 5.74) is 2.19. The summed E-state index contributed by atoms with van der Waals surface area (Å²) in [7, 11) is 0. The fourth-order valence-electron chi connectivity index (χ4n) is 3.26.